The predicted octanol–water partition coefficient (Wildman–Crippen LogP) is 2.27. The van der Waals surface area contributed by atoms with Crippen molar-refractivity contribution in [2.75, 3.05) is 5.32 Å². The third kappa shape index (κ3) is 3.05. The maximum absolute atomic E-state index is 11.9. The van der Waals surface area contributed by atoms with Crippen LogP contribution in [0, 0.1) is 6.92 Å². The Morgan fingerprint density at radius 2 is 2.20 bits per heavy atom. The number of carbonyl (C=O) groups excluding carboxylic acids is 1. The quantitative estimate of drug-likeness (QED) is 0.674. The first-order valence-corrected chi connectivity index (χ1v) is 6.62. The highest BCUT2D eigenvalue weighted by Crippen LogP contribution is 2.38. The van der Waals surface area contributed by atoms with Crippen LogP contribution >= 0.6 is 23.2 Å². The zero-order valence-electron chi connectivity index (χ0n) is 11.0. The summed E-state index contributed by atoms with van der Waals surface area (Å²) in [6.07, 6.45) is 5.37. The van der Waals surface area contributed by atoms with E-state index in [0.29, 0.717) is 10.6 Å². The largest absolute Gasteiger partial charge is 0.504 e. The van der Waals surface area contributed by atoms with Crippen molar-refractivity contribution in [3.63, 3.8) is 0 Å². The van der Waals surface area contributed by atoms with Gasteiger partial charge in [0.15, 0.2) is 12.3 Å². The number of hydrogen-bond donors (Lipinski definition) is 2. The predicted molar refractivity (Wildman–Crippen MR) is 77.1 cm³/mol. The number of anilines is 1. The number of imidazole rings is 1. The van der Waals surface area contributed by atoms with Crippen LogP contribution < -0.4 is 9.88 Å². The number of benzene rings is 1. The van der Waals surface area contributed by atoms with E-state index in [1.54, 1.807) is 24.0 Å². The van der Waals surface area contributed by atoms with Crippen LogP contribution in [0.1, 0.15) is 5.56 Å². The number of hydrogen-bond acceptors (Lipinski definition) is 2. The molecule has 0 bridgehead atoms. The summed E-state index contributed by atoms with van der Waals surface area (Å²) in [7, 11) is 1.86. The average molecular weight is 315 g/mol. The monoisotopic (exact) mass is 314 g/mol. The summed E-state index contributed by atoms with van der Waals surface area (Å²) < 4.78 is 3.54. The Kier molecular flexibility index (Phi) is 4.20. The second kappa shape index (κ2) is 5.73. The van der Waals surface area contributed by atoms with Crippen LogP contribution in [0.2, 0.25) is 10.0 Å². The minimum Gasteiger partial charge on any atom is -0.504 e. The number of aromatic hydroxyl groups is 1. The van der Waals surface area contributed by atoms with Gasteiger partial charge < -0.3 is 10.4 Å². The van der Waals surface area contributed by atoms with Gasteiger partial charge >= 0.3 is 0 Å². The molecule has 1 amide bonds. The summed E-state index contributed by atoms with van der Waals surface area (Å²) >= 11 is 11.9. The molecule has 1 heterocycles. The number of phenols is 1. The fourth-order valence-corrected chi connectivity index (χ4v) is 2.21. The molecule has 1 aromatic carbocycles. The highest BCUT2D eigenvalue weighted by atomic mass is 35.5. The molecule has 0 fully saturated rings. The van der Waals surface area contributed by atoms with Crippen molar-refractivity contribution in [3.05, 3.63) is 40.4 Å². The van der Waals surface area contributed by atoms with Gasteiger partial charge in [0.25, 0.3) is 5.91 Å². The molecule has 5 nitrogen and oxygen atoms in total. The van der Waals surface area contributed by atoms with Gasteiger partial charge in [-0.1, -0.05) is 23.2 Å². The minimum absolute atomic E-state index is 0.128. The molecule has 0 aliphatic carbocycles. The second-order valence-electron chi connectivity index (χ2n) is 4.49. The molecule has 0 unspecified atom stereocenters. The van der Waals surface area contributed by atoms with Crippen molar-refractivity contribution in [1.29, 1.82) is 0 Å². The Morgan fingerprint density at radius 3 is 2.80 bits per heavy atom. The normalized spacial score (nSPS) is 10.6. The summed E-state index contributed by atoms with van der Waals surface area (Å²) in [6, 6.07) is 1.48. The lowest BCUT2D eigenvalue weighted by Crippen LogP contribution is -2.25. The Balaban J connectivity index is 2.16. The summed E-state index contributed by atoms with van der Waals surface area (Å²) in [6.45, 7) is 1.82. The van der Waals surface area contributed by atoms with Crippen LogP contribution in [0.4, 0.5) is 5.69 Å². The SMILES string of the molecule is Cc1c(Cl)cc(NC(=O)Cn2cc[n+](C)c2)c(O)c1Cl. The number of aromatic nitrogens is 2. The van der Waals surface area contributed by atoms with Crippen molar-refractivity contribution < 1.29 is 14.5 Å². The third-order valence-electron chi connectivity index (χ3n) is 2.85. The molecule has 106 valence electrons. The van der Waals surface area contributed by atoms with Crippen molar-refractivity contribution in [2.24, 2.45) is 7.05 Å². The number of carbonyl (C=O) groups is 1. The van der Waals surface area contributed by atoms with Gasteiger partial charge in [-0.05, 0) is 18.6 Å². The van der Waals surface area contributed by atoms with Crippen LogP contribution in [0.25, 0.3) is 0 Å². The number of halogens is 2. The van der Waals surface area contributed by atoms with Gasteiger partial charge in [-0.25, -0.2) is 9.13 Å². The van der Waals surface area contributed by atoms with Gasteiger partial charge in [0.1, 0.15) is 12.4 Å². The van der Waals surface area contributed by atoms with E-state index in [1.807, 2.05) is 17.8 Å². The lowest BCUT2D eigenvalue weighted by molar-refractivity contribution is -0.671. The molecule has 0 aliphatic rings. The molecule has 2 rings (SSSR count). The van der Waals surface area contributed by atoms with Crippen molar-refractivity contribution in [1.82, 2.24) is 4.57 Å². The van der Waals surface area contributed by atoms with Crippen LogP contribution in [-0.4, -0.2) is 15.6 Å². The van der Waals surface area contributed by atoms with E-state index in [4.69, 9.17) is 23.2 Å². The molecule has 0 aliphatic heterocycles. The minimum atomic E-state index is -0.285. The van der Waals surface area contributed by atoms with E-state index in [9.17, 15) is 9.90 Å². The van der Waals surface area contributed by atoms with Crippen molar-refractivity contribution in [3.8, 4) is 5.75 Å². The van der Waals surface area contributed by atoms with Gasteiger partial charge in [-0.15, -0.1) is 0 Å². The first-order valence-electron chi connectivity index (χ1n) is 5.87. The maximum Gasteiger partial charge on any atom is 0.266 e. The molecule has 0 atom stereocenters. The Labute approximate surface area is 126 Å². The fourth-order valence-electron chi connectivity index (χ4n) is 1.75. The standard InChI is InChI=1S/C13H13Cl2N3O2/c1-8-9(14)5-10(13(20)12(8)15)16-11(19)6-18-4-3-17(2)7-18/h3-5,7H,6H2,1-2H3,(H-,16,19,20)/p+1. The van der Waals surface area contributed by atoms with E-state index < -0.39 is 0 Å². The highest BCUT2D eigenvalue weighted by molar-refractivity contribution is 6.37. The molecule has 7 heteroatoms. The Morgan fingerprint density at radius 1 is 1.50 bits per heavy atom. The van der Waals surface area contributed by atoms with Crippen molar-refractivity contribution in [2.45, 2.75) is 13.5 Å². The van der Waals surface area contributed by atoms with Crippen LogP contribution in [0.15, 0.2) is 24.8 Å². The highest BCUT2D eigenvalue weighted by Gasteiger charge is 2.15. The molecule has 2 aromatic rings. The number of rotatable bonds is 3. The topological polar surface area (TPSA) is 58.1 Å². The van der Waals surface area contributed by atoms with Gasteiger partial charge in [0, 0.05) is 5.02 Å². The zero-order chi connectivity index (χ0) is 14.9. The van der Waals surface area contributed by atoms with Gasteiger partial charge in [-0.3, -0.25) is 4.79 Å². The summed E-state index contributed by atoms with van der Waals surface area (Å²) in [5, 5.41) is 13.0. The molecular formula is C13H14Cl2N3O2+. The van der Waals surface area contributed by atoms with Crippen molar-refractivity contribution >= 4 is 34.8 Å². The molecule has 1 aromatic heterocycles. The lowest BCUT2D eigenvalue weighted by atomic mass is 10.2. The number of aryl methyl sites for hydroxylation is 1. The average Bonchev–Trinajstić information content (AvgIpc) is 2.78. The van der Waals surface area contributed by atoms with Crippen LogP contribution in [0.3, 0.4) is 0 Å². The smallest absolute Gasteiger partial charge is 0.266 e. The van der Waals surface area contributed by atoms with Crippen LogP contribution in [-0.2, 0) is 18.4 Å². The zero-order valence-corrected chi connectivity index (χ0v) is 12.5. The lowest BCUT2D eigenvalue weighted by Gasteiger charge is -2.11. The molecular weight excluding hydrogens is 301 g/mol. The summed E-state index contributed by atoms with van der Waals surface area (Å²) in [4.78, 5) is 11.9. The van der Waals surface area contributed by atoms with E-state index in [-0.39, 0.29) is 28.9 Å². The number of phenolic OH excluding ortho intramolecular Hbond substituents is 1. The van der Waals surface area contributed by atoms with Crippen LogP contribution in [0.5, 0.6) is 5.75 Å². The molecule has 0 radical (unpaired) electrons. The number of nitrogens with one attached hydrogen (secondary N) is 1. The number of nitrogens with zero attached hydrogens (tertiary/aromatic N) is 2. The Bertz CT molecular complexity index is 668. The first kappa shape index (κ1) is 14.7. The summed E-state index contributed by atoms with van der Waals surface area (Å²) in [5.74, 6) is -0.465. The van der Waals surface area contributed by atoms with Gasteiger partial charge in [-0.2, -0.15) is 0 Å². The molecule has 0 spiro atoms. The van der Waals surface area contributed by atoms with Gasteiger partial charge in [0.05, 0.1) is 17.8 Å². The van der Waals surface area contributed by atoms with Gasteiger partial charge in [0.2, 0.25) is 6.33 Å². The van der Waals surface area contributed by atoms with E-state index in [0.717, 1.165) is 0 Å². The third-order valence-corrected chi connectivity index (χ3v) is 3.70. The van der Waals surface area contributed by atoms with E-state index in [1.165, 1.54) is 6.07 Å². The molecule has 0 saturated carbocycles. The Hall–Kier alpha value is -1.72. The maximum atomic E-state index is 11.9. The summed E-state index contributed by atoms with van der Waals surface area (Å²) in [5.41, 5.74) is 0.772. The number of amides is 1. The molecule has 20 heavy (non-hydrogen) atoms. The molecule has 0 saturated heterocycles. The molecule has 2 N–H and O–H groups in total. The van der Waals surface area contributed by atoms with E-state index >= 15 is 0 Å². The first-order chi connectivity index (χ1) is 9.38. The second-order valence-corrected chi connectivity index (χ2v) is 5.28. The van der Waals surface area contributed by atoms with E-state index in [2.05, 4.69) is 5.32 Å². The fraction of sp³-hybridized carbons (Fsp3) is 0.231.